The first kappa shape index (κ1) is 30.8. The highest BCUT2D eigenvalue weighted by atomic mass is 79.9. The third kappa shape index (κ3) is 9.19. The van der Waals surface area contributed by atoms with E-state index in [0.717, 1.165) is 32.6 Å². The van der Waals surface area contributed by atoms with Gasteiger partial charge in [0.15, 0.2) is 0 Å². The Balaban J connectivity index is 2.05. The minimum absolute atomic E-state index is 0.0883. The van der Waals surface area contributed by atoms with Crippen molar-refractivity contribution in [3.8, 4) is 0 Å². The summed E-state index contributed by atoms with van der Waals surface area (Å²) in [6.07, 6.45) is 2.08. The molecule has 0 aliphatic carbocycles. The van der Waals surface area contributed by atoms with Gasteiger partial charge < -0.3 is 10.2 Å². The number of halogens is 2. The first-order chi connectivity index (χ1) is 18.5. The molecule has 0 saturated carbocycles. The van der Waals surface area contributed by atoms with Crippen molar-refractivity contribution in [3.05, 3.63) is 98.9 Å². The smallest absolute Gasteiger partial charge is 0.244 e. The van der Waals surface area contributed by atoms with E-state index in [9.17, 15) is 18.0 Å². The Morgan fingerprint density at radius 2 is 1.56 bits per heavy atom. The fourth-order valence-corrected chi connectivity index (χ4v) is 5.52. The van der Waals surface area contributed by atoms with Crippen LogP contribution in [0, 0.1) is 0 Å². The summed E-state index contributed by atoms with van der Waals surface area (Å²) in [7, 11) is -3.81. The number of nitrogens with zero attached hydrogens (tertiary/aromatic N) is 2. The van der Waals surface area contributed by atoms with Gasteiger partial charge in [0.1, 0.15) is 12.6 Å². The summed E-state index contributed by atoms with van der Waals surface area (Å²) in [6, 6.07) is 22.8. The average Bonchev–Trinajstić information content (AvgIpc) is 2.90. The fraction of sp³-hybridized carbons (Fsp3) is 0.310. The Hall–Kier alpha value is -2.69. The van der Waals surface area contributed by atoms with Gasteiger partial charge in [0.05, 0.1) is 11.9 Å². The van der Waals surface area contributed by atoms with Gasteiger partial charge in [-0.05, 0) is 54.8 Å². The normalized spacial score (nSPS) is 12.8. The summed E-state index contributed by atoms with van der Waals surface area (Å²) in [4.78, 5) is 29.2. The maximum atomic E-state index is 14.0. The highest BCUT2D eigenvalue weighted by Crippen LogP contribution is 2.24. The molecule has 1 N–H and O–H groups in total. The molecule has 0 radical (unpaired) electrons. The number of rotatable bonds is 12. The van der Waals surface area contributed by atoms with Gasteiger partial charge in [0.2, 0.25) is 21.8 Å². The zero-order chi connectivity index (χ0) is 28.6. The van der Waals surface area contributed by atoms with Crippen molar-refractivity contribution in [2.24, 2.45) is 0 Å². The van der Waals surface area contributed by atoms with Crippen molar-refractivity contribution in [1.82, 2.24) is 10.2 Å². The lowest BCUT2D eigenvalue weighted by atomic mass is 10.0. The molecule has 3 rings (SSSR count). The Bertz CT molecular complexity index is 1370. The van der Waals surface area contributed by atoms with Gasteiger partial charge in [-0.2, -0.15) is 0 Å². The first-order valence-corrected chi connectivity index (χ1v) is 16.0. The van der Waals surface area contributed by atoms with Crippen LogP contribution < -0.4 is 9.62 Å². The number of sulfonamides is 1. The van der Waals surface area contributed by atoms with Gasteiger partial charge in [-0.3, -0.25) is 13.9 Å². The van der Waals surface area contributed by atoms with Crippen molar-refractivity contribution in [1.29, 1.82) is 0 Å². The fourth-order valence-electron chi connectivity index (χ4n) is 4.03. The molecule has 0 unspecified atom stereocenters. The Kier molecular flexibility index (Phi) is 11.1. The zero-order valence-electron chi connectivity index (χ0n) is 22.2. The Morgan fingerprint density at radius 3 is 2.15 bits per heavy atom. The Labute approximate surface area is 247 Å². The van der Waals surface area contributed by atoms with Crippen LogP contribution in [0.2, 0.25) is 0 Å². The number of carbonyl (C=O) groups is 2. The van der Waals surface area contributed by atoms with Gasteiger partial charge in [-0.1, -0.05) is 87.3 Å². The van der Waals surface area contributed by atoms with Crippen LogP contribution in [0.15, 0.2) is 87.8 Å². The SMILES string of the molecule is CC[C@H](C)NC(=O)[C@H](Cc1ccccc1)N(Cc1ccc(Br)cc1)C(=O)CN(c1cccc(Br)c1)S(C)(=O)=O. The van der Waals surface area contributed by atoms with E-state index in [1.54, 1.807) is 24.3 Å². The number of benzene rings is 3. The number of hydrogen-bond donors (Lipinski definition) is 1. The minimum atomic E-state index is -3.81. The predicted octanol–water partition coefficient (Wildman–Crippen LogP) is 5.53. The minimum Gasteiger partial charge on any atom is -0.352 e. The summed E-state index contributed by atoms with van der Waals surface area (Å²) < 4.78 is 28.3. The van der Waals surface area contributed by atoms with Crippen LogP contribution >= 0.6 is 31.9 Å². The maximum absolute atomic E-state index is 14.0. The van der Waals surface area contributed by atoms with Crippen LogP contribution in [-0.2, 0) is 32.6 Å². The van der Waals surface area contributed by atoms with Crippen LogP contribution in [0.1, 0.15) is 31.4 Å². The number of carbonyl (C=O) groups excluding carboxylic acids is 2. The molecule has 2 atom stereocenters. The first-order valence-electron chi connectivity index (χ1n) is 12.6. The molecule has 39 heavy (non-hydrogen) atoms. The molecule has 208 valence electrons. The number of hydrogen-bond acceptors (Lipinski definition) is 4. The lowest BCUT2D eigenvalue weighted by molar-refractivity contribution is -0.140. The summed E-state index contributed by atoms with van der Waals surface area (Å²) in [6.45, 7) is 3.57. The van der Waals surface area contributed by atoms with E-state index in [0.29, 0.717) is 10.2 Å². The van der Waals surface area contributed by atoms with E-state index in [1.807, 2.05) is 68.4 Å². The van der Waals surface area contributed by atoms with Crippen LogP contribution in [0.3, 0.4) is 0 Å². The van der Waals surface area contributed by atoms with E-state index in [-0.39, 0.29) is 24.9 Å². The van der Waals surface area contributed by atoms with E-state index in [1.165, 1.54) is 4.90 Å². The van der Waals surface area contributed by atoms with Gasteiger partial charge in [0.25, 0.3) is 0 Å². The second kappa shape index (κ2) is 14.1. The number of nitrogens with one attached hydrogen (secondary N) is 1. The third-order valence-corrected chi connectivity index (χ3v) is 8.48. The quantitative estimate of drug-likeness (QED) is 0.273. The molecular formula is C29H33Br2N3O4S. The summed E-state index contributed by atoms with van der Waals surface area (Å²) >= 11 is 6.81. The molecule has 3 aromatic rings. The van der Waals surface area contributed by atoms with E-state index in [4.69, 9.17) is 0 Å². The molecular weight excluding hydrogens is 646 g/mol. The molecule has 0 saturated heterocycles. The summed E-state index contributed by atoms with van der Waals surface area (Å²) in [5.74, 6) is -0.768. The van der Waals surface area contributed by atoms with Crippen LogP contribution in [0.5, 0.6) is 0 Å². The van der Waals surface area contributed by atoms with Crippen molar-refractivity contribution < 1.29 is 18.0 Å². The molecule has 0 aliphatic rings. The molecule has 2 amide bonds. The molecule has 0 bridgehead atoms. The highest BCUT2D eigenvalue weighted by Gasteiger charge is 2.33. The van der Waals surface area contributed by atoms with Crippen LogP contribution in [0.4, 0.5) is 5.69 Å². The lowest BCUT2D eigenvalue weighted by Crippen LogP contribution is -2.54. The molecule has 0 aliphatic heterocycles. The summed E-state index contributed by atoms with van der Waals surface area (Å²) in [5.41, 5.74) is 2.06. The van der Waals surface area contributed by atoms with Crippen molar-refractivity contribution in [2.75, 3.05) is 17.1 Å². The van der Waals surface area contributed by atoms with Crippen LogP contribution in [0.25, 0.3) is 0 Å². The van der Waals surface area contributed by atoms with Crippen molar-refractivity contribution >= 4 is 59.4 Å². The summed E-state index contributed by atoms with van der Waals surface area (Å²) in [5, 5.41) is 3.02. The van der Waals surface area contributed by atoms with Crippen LogP contribution in [-0.4, -0.2) is 50.0 Å². The van der Waals surface area contributed by atoms with Gasteiger partial charge in [-0.15, -0.1) is 0 Å². The second-order valence-corrected chi connectivity index (χ2v) is 13.2. The average molecular weight is 679 g/mol. The number of amides is 2. The Morgan fingerprint density at radius 1 is 0.897 bits per heavy atom. The monoisotopic (exact) mass is 677 g/mol. The van der Waals surface area contributed by atoms with E-state index >= 15 is 0 Å². The molecule has 10 heteroatoms. The van der Waals surface area contributed by atoms with Crippen molar-refractivity contribution in [2.45, 2.75) is 45.3 Å². The molecule has 7 nitrogen and oxygen atoms in total. The molecule has 0 aromatic heterocycles. The third-order valence-electron chi connectivity index (χ3n) is 6.31. The largest absolute Gasteiger partial charge is 0.352 e. The second-order valence-electron chi connectivity index (χ2n) is 9.42. The maximum Gasteiger partial charge on any atom is 0.244 e. The molecule has 0 heterocycles. The van der Waals surface area contributed by atoms with Gasteiger partial charge in [0, 0.05) is 28.0 Å². The molecule has 0 fully saturated rings. The standard InChI is InChI=1S/C29H33Br2N3O4S/c1-4-21(2)32-29(36)27(17-22-9-6-5-7-10-22)33(19-23-13-15-24(30)16-14-23)28(35)20-34(39(3,37)38)26-12-8-11-25(31)18-26/h5-16,18,21,27H,4,17,19-20H2,1-3H3,(H,32,36)/t21-,27-/m0/s1. The van der Waals surface area contributed by atoms with Gasteiger partial charge in [-0.25, -0.2) is 8.42 Å². The van der Waals surface area contributed by atoms with Gasteiger partial charge >= 0.3 is 0 Å². The van der Waals surface area contributed by atoms with E-state index in [2.05, 4.69) is 37.2 Å². The molecule has 0 spiro atoms. The topological polar surface area (TPSA) is 86.8 Å². The lowest BCUT2D eigenvalue weighted by Gasteiger charge is -2.34. The number of anilines is 1. The molecule has 3 aromatic carbocycles. The predicted molar refractivity (Wildman–Crippen MR) is 163 cm³/mol. The zero-order valence-corrected chi connectivity index (χ0v) is 26.2. The highest BCUT2D eigenvalue weighted by molar-refractivity contribution is 9.10. The van der Waals surface area contributed by atoms with Crippen molar-refractivity contribution in [3.63, 3.8) is 0 Å². The van der Waals surface area contributed by atoms with E-state index < -0.39 is 28.5 Å².